The summed E-state index contributed by atoms with van der Waals surface area (Å²) in [6, 6.07) is 5.70. The number of carbonyl (C=O) groups is 2. The fourth-order valence-electron chi connectivity index (χ4n) is 3.83. The second-order valence-electron chi connectivity index (χ2n) is 8.28. The van der Waals surface area contributed by atoms with E-state index in [1.807, 2.05) is 13.8 Å². The van der Waals surface area contributed by atoms with Crippen molar-refractivity contribution in [2.45, 2.75) is 52.5 Å². The Balaban J connectivity index is 1.90. The Labute approximate surface area is 176 Å². The third kappa shape index (κ3) is 4.96. The molecule has 1 aliphatic rings. The first-order valence-corrected chi connectivity index (χ1v) is 10.4. The quantitative estimate of drug-likeness (QED) is 0.730. The Bertz CT molecular complexity index is 926. The van der Waals surface area contributed by atoms with Crippen LogP contribution in [0.1, 0.15) is 62.4 Å². The molecule has 1 saturated carbocycles. The molecular formula is C23H28FN3O3. The molecule has 1 aromatic carbocycles. The maximum Gasteiger partial charge on any atom is 0.341 e. The van der Waals surface area contributed by atoms with Gasteiger partial charge in [0, 0.05) is 24.4 Å². The van der Waals surface area contributed by atoms with Gasteiger partial charge in [-0.15, -0.1) is 5.10 Å². The van der Waals surface area contributed by atoms with Gasteiger partial charge in [0.1, 0.15) is 11.4 Å². The molecule has 1 N–H and O–H groups in total. The summed E-state index contributed by atoms with van der Waals surface area (Å²) in [5, 5.41) is 14.1. The van der Waals surface area contributed by atoms with Crippen LogP contribution in [-0.2, 0) is 4.79 Å². The number of halogens is 1. The van der Waals surface area contributed by atoms with E-state index in [0.717, 1.165) is 31.2 Å². The van der Waals surface area contributed by atoms with E-state index in [-0.39, 0.29) is 35.1 Å². The minimum atomic E-state index is -1.14. The van der Waals surface area contributed by atoms with E-state index >= 15 is 0 Å². The normalized spacial score (nSPS) is 19.4. The molecule has 160 valence electrons. The van der Waals surface area contributed by atoms with Gasteiger partial charge in [-0.3, -0.25) is 9.69 Å². The van der Waals surface area contributed by atoms with Crippen molar-refractivity contribution in [3.63, 3.8) is 0 Å². The van der Waals surface area contributed by atoms with Gasteiger partial charge in [0.15, 0.2) is 5.82 Å². The molecule has 1 aliphatic carbocycles. The van der Waals surface area contributed by atoms with Crippen molar-refractivity contribution in [3.05, 3.63) is 47.4 Å². The van der Waals surface area contributed by atoms with Gasteiger partial charge in [0.2, 0.25) is 5.91 Å². The SMILES string of the molecule is CC1CCC(C(=O)N(c2nn(C=Cc3ccc(F)cc3)cc2C(=O)O)C(C)C)CC1. The molecule has 2 aromatic rings. The molecule has 0 atom stereocenters. The molecule has 1 heterocycles. The second kappa shape index (κ2) is 9.24. The number of anilines is 1. The lowest BCUT2D eigenvalue weighted by molar-refractivity contribution is -0.123. The van der Waals surface area contributed by atoms with Crippen molar-refractivity contribution in [2.24, 2.45) is 11.8 Å². The van der Waals surface area contributed by atoms with Crippen LogP contribution in [0.15, 0.2) is 30.5 Å². The molecular weight excluding hydrogens is 385 g/mol. The zero-order valence-electron chi connectivity index (χ0n) is 17.6. The fraction of sp³-hybridized carbons (Fsp3) is 0.435. The zero-order valence-corrected chi connectivity index (χ0v) is 17.6. The number of hydrogen-bond donors (Lipinski definition) is 1. The van der Waals surface area contributed by atoms with Gasteiger partial charge < -0.3 is 5.11 Å². The number of nitrogens with zero attached hydrogens (tertiary/aromatic N) is 3. The summed E-state index contributed by atoms with van der Waals surface area (Å²) in [6.07, 6.45) is 8.32. The molecule has 1 fully saturated rings. The number of carboxylic acid groups (broad SMARTS) is 1. The van der Waals surface area contributed by atoms with E-state index in [1.54, 1.807) is 24.4 Å². The lowest BCUT2D eigenvalue weighted by Gasteiger charge is -2.32. The van der Waals surface area contributed by atoms with E-state index in [4.69, 9.17) is 0 Å². The number of carbonyl (C=O) groups excluding carboxylic acids is 1. The van der Waals surface area contributed by atoms with Crippen LogP contribution in [0.3, 0.4) is 0 Å². The summed E-state index contributed by atoms with van der Waals surface area (Å²) >= 11 is 0. The largest absolute Gasteiger partial charge is 0.477 e. The molecule has 0 radical (unpaired) electrons. The lowest BCUT2D eigenvalue weighted by Crippen LogP contribution is -2.43. The van der Waals surface area contributed by atoms with Crippen molar-refractivity contribution in [1.29, 1.82) is 0 Å². The van der Waals surface area contributed by atoms with Crippen LogP contribution in [0.25, 0.3) is 12.3 Å². The van der Waals surface area contributed by atoms with Crippen LogP contribution in [0, 0.1) is 17.7 Å². The summed E-state index contributed by atoms with van der Waals surface area (Å²) in [5.41, 5.74) is 0.725. The average molecular weight is 413 g/mol. The van der Waals surface area contributed by atoms with E-state index in [9.17, 15) is 19.1 Å². The monoisotopic (exact) mass is 413 g/mol. The van der Waals surface area contributed by atoms with Gasteiger partial charge in [-0.2, -0.15) is 0 Å². The van der Waals surface area contributed by atoms with Gasteiger partial charge in [-0.1, -0.05) is 19.1 Å². The number of hydrogen-bond acceptors (Lipinski definition) is 3. The van der Waals surface area contributed by atoms with Gasteiger partial charge in [0.05, 0.1) is 0 Å². The van der Waals surface area contributed by atoms with Gasteiger partial charge in [-0.25, -0.2) is 13.9 Å². The Morgan fingerprint density at radius 1 is 1.20 bits per heavy atom. The first-order valence-electron chi connectivity index (χ1n) is 10.4. The minimum Gasteiger partial charge on any atom is -0.477 e. The molecule has 0 unspecified atom stereocenters. The Kier molecular flexibility index (Phi) is 6.70. The number of carboxylic acids is 1. The number of amides is 1. The van der Waals surface area contributed by atoms with Gasteiger partial charge >= 0.3 is 5.97 Å². The van der Waals surface area contributed by atoms with Crippen LogP contribution in [0.2, 0.25) is 0 Å². The van der Waals surface area contributed by atoms with E-state index < -0.39 is 5.97 Å². The third-order valence-electron chi connectivity index (χ3n) is 5.58. The summed E-state index contributed by atoms with van der Waals surface area (Å²) in [5.74, 6) is -0.860. The van der Waals surface area contributed by atoms with Crippen LogP contribution in [0.5, 0.6) is 0 Å². The Morgan fingerprint density at radius 3 is 2.40 bits per heavy atom. The number of aromatic carboxylic acids is 1. The van der Waals surface area contributed by atoms with Crippen LogP contribution >= 0.6 is 0 Å². The van der Waals surface area contributed by atoms with E-state index in [0.29, 0.717) is 5.92 Å². The lowest BCUT2D eigenvalue weighted by atomic mass is 9.82. The highest BCUT2D eigenvalue weighted by atomic mass is 19.1. The highest BCUT2D eigenvalue weighted by molar-refractivity contribution is 6.01. The van der Waals surface area contributed by atoms with Crippen molar-refractivity contribution < 1.29 is 19.1 Å². The molecule has 0 spiro atoms. The topological polar surface area (TPSA) is 75.4 Å². The molecule has 30 heavy (non-hydrogen) atoms. The summed E-state index contributed by atoms with van der Waals surface area (Å²) in [4.78, 5) is 26.7. The molecule has 1 amide bonds. The van der Waals surface area contributed by atoms with Crippen LogP contribution in [-0.4, -0.2) is 32.8 Å². The van der Waals surface area contributed by atoms with E-state index in [1.165, 1.54) is 27.9 Å². The van der Waals surface area contributed by atoms with Crippen LogP contribution in [0.4, 0.5) is 10.2 Å². The Hall–Kier alpha value is -2.96. The highest BCUT2D eigenvalue weighted by Crippen LogP contribution is 2.32. The van der Waals surface area contributed by atoms with Crippen molar-refractivity contribution in [1.82, 2.24) is 9.78 Å². The fourth-order valence-corrected chi connectivity index (χ4v) is 3.83. The maximum atomic E-state index is 13.3. The van der Waals surface area contributed by atoms with E-state index in [2.05, 4.69) is 12.0 Å². The first kappa shape index (κ1) is 21.7. The second-order valence-corrected chi connectivity index (χ2v) is 8.28. The maximum absolute atomic E-state index is 13.3. The molecule has 3 rings (SSSR count). The van der Waals surface area contributed by atoms with Gasteiger partial charge in [-0.05, 0) is 69.2 Å². The smallest absolute Gasteiger partial charge is 0.341 e. The number of rotatable bonds is 6. The molecule has 0 saturated heterocycles. The number of benzene rings is 1. The molecule has 6 nitrogen and oxygen atoms in total. The predicted molar refractivity (Wildman–Crippen MR) is 115 cm³/mol. The van der Waals surface area contributed by atoms with Crippen molar-refractivity contribution in [2.75, 3.05) is 4.90 Å². The van der Waals surface area contributed by atoms with Gasteiger partial charge in [0.25, 0.3) is 0 Å². The van der Waals surface area contributed by atoms with Crippen molar-refractivity contribution >= 4 is 30.0 Å². The first-order chi connectivity index (χ1) is 14.3. The summed E-state index contributed by atoms with van der Waals surface area (Å²) in [6.45, 7) is 5.92. The molecule has 0 aliphatic heterocycles. The van der Waals surface area contributed by atoms with Crippen molar-refractivity contribution in [3.8, 4) is 0 Å². The predicted octanol–water partition coefficient (Wildman–Crippen LogP) is 4.92. The summed E-state index contributed by atoms with van der Waals surface area (Å²) in [7, 11) is 0. The minimum absolute atomic E-state index is 0.0232. The highest BCUT2D eigenvalue weighted by Gasteiger charge is 2.33. The zero-order chi connectivity index (χ0) is 21.8. The number of aromatic nitrogens is 2. The Morgan fingerprint density at radius 2 is 1.83 bits per heavy atom. The van der Waals surface area contributed by atoms with Crippen LogP contribution < -0.4 is 4.90 Å². The average Bonchev–Trinajstić information content (AvgIpc) is 3.12. The molecule has 1 aromatic heterocycles. The third-order valence-corrected chi connectivity index (χ3v) is 5.58. The standard InChI is InChI=1S/C23H28FN3O3/c1-15(2)27(22(28)18-8-4-16(3)5-9-18)21-20(23(29)30)14-26(25-21)13-12-17-6-10-19(24)11-7-17/h6-7,10-16,18H,4-5,8-9H2,1-3H3,(H,29,30). The molecule has 0 bridgehead atoms. The summed E-state index contributed by atoms with van der Waals surface area (Å²) < 4.78 is 14.4. The molecule has 7 heteroatoms.